The second-order valence-electron chi connectivity index (χ2n) is 5.82. The molecule has 1 atom stereocenters. The molecule has 1 saturated carbocycles. The fourth-order valence-electron chi connectivity index (χ4n) is 2.85. The molecule has 1 fully saturated rings. The number of nitrogens with one attached hydrogen (secondary N) is 1. The SMILES string of the molecule is CCNC(CCCOCC(C)C)C1CCCC1. The van der Waals surface area contributed by atoms with E-state index >= 15 is 0 Å². The summed E-state index contributed by atoms with van der Waals surface area (Å²) in [5.74, 6) is 1.59. The largest absolute Gasteiger partial charge is 0.381 e. The average molecular weight is 241 g/mol. The number of hydrogen-bond acceptors (Lipinski definition) is 2. The van der Waals surface area contributed by atoms with Gasteiger partial charge in [-0.15, -0.1) is 0 Å². The van der Waals surface area contributed by atoms with E-state index in [1.807, 2.05) is 0 Å². The maximum atomic E-state index is 5.66. The van der Waals surface area contributed by atoms with Gasteiger partial charge in [-0.1, -0.05) is 33.6 Å². The van der Waals surface area contributed by atoms with Gasteiger partial charge in [0.05, 0.1) is 0 Å². The Kier molecular flexibility index (Phi) is 7.87. The Labute approximate surface area is 108 Å². The summed E-state index contributed by atoms with van der Waals surface area (Å²) in [6, 6.07) is 0.741. The minimum absolute atomic E-state index is 0.661. The minimum atomic E-state index is 0.661. The fourth-order valence-corrected chi connectivity index (χ4v) is 2.85. The molecule has 1 N–H and O–H groups in total. The number of ether oxygens (including phenoxy) is 1. The van der Waals surface area contributed by atoms with Crippen molar-refractivity contribution < 1.29 is 4.74 Å². The van der Waals surface area contributed by atoms with Crippen molar-refractivity contribution in [1.82, 2.24) is 5.32 Å². The molecule has 2 nitrogen and oxygen atoms in total. The van der Waals surface area contributed by atoms with Gasteiger partial charge in [0.25, 0.3) is 0 Å². The van der Waals surface area contributed by atoms with Crippen LogP contribution in [0, 0.1) is 11.8 Å². The molecule has 1 aliphatic carbocycles. The molecule has 0 aliphatic heterocycles. The molecule has 2 heteroatoms. The van der Waals surface area contributed by atoms with E-state index in [4.69, 9.17) is 4.74 Å². The zero-order valence-corrected chi connectivity index (χ0v) is 12.0. The van der Waals surface area contributed by atoms with Gasteiger partial charge in [-0.3, -0.25) is 0 Å². The quantitative estimate of drug-likeness (QED) is 0.623. The first-order valence-corrected chi connectivity index (χ1v) is 7.55. The topological polar surface area (TPSA) is 21.3 Å². The fraction of sp³-hybridized carbons (Fsp3) is 1.00. The van der Waals surface area contributed by atoms with Crippen LogP contribution >= 0.6 is 0 Å². The molecule has 0 amide bonds. The monoisotopic (exact) mass is 241 g/mol. The predicted molar refractivity (Wildman–Crippen MR) is 74.3 cm³/mol. The van der Waals surface area contributed by atoms with E-state index in [1.165, 1.54) is 38.5 Å². The van der Waals surface area contributed by atoms with Crippen molar-refractivity contribution in [2.24, 2.45) is 11.8 Å². The van der Waals surface area contributed by atoms with Crippen molar-refractivity contribution in [2.45, 2.75) is 65.3 Å². The zero-order chi connectivity index (χ0) is 12.5. The molecule has 0 aromatic heterocycles. The van der Waals surface area contributed by atoms with Gasteiger partial charge < -0.3 is 10.1 Å². The van der Waals surface area contributed by atoms with Crippen LogP contribution in [-0.4, -0.2) is 25.8 Å². The van der Waals surface area contributed by atoms with Crippen molar-refractivity contribution in [3.8, 4) is 0 Å². The van der Waals surface area contributed by atoms with Gasteiger partial charge in [0.15, 0.2) is 0 Å². The highest BCUT2D eigenvalue weighted by Gasteiger charge is 2.23. The van der Waals surface area contributed by atoms with Gasteiger partial charge in [-0.05, 0) is 44.1 Å². The molecule has 0 spiro atoms. The predicted octanol–water partition coefficient (Wildman–Crippen LogP) is 3.61. The van der Waals surface area contributed by atoms with Crippen molar-refractivity contribution in [2.75, 3.05) is 19.8 Å². The first-order valence-electron chi connectivity index (χ1n) is 7.55. The third-order valence-electron chi connectivity index (χ3n) is 3.69. The molecule has 102 valence electrons. The van der Waals surface area contributed by atoms with Crippen LogP contribution in [0.3, 0.4) is 0 Å². The molecule has 0 bridgehead atoms. The summed E-state index contributed by atoms with van der Waals surface area (Å²) >= 11 is 0. The normalized spacial score (nSPS) is 19.1. The third-order valence-corrected chi connectivity index (χ3v) is 3.69. The molecule has 1 unspecified atom stereocenters. The standard InChI is InChI=1S/C15H31NO/c1-4-16-15(14-8-5-6-9-14)10-7-11-17-12-13(2)3/h13-16H,4-12H2,1-3H3. The first kappa shape index (κ1) is 15.0. The van der Waals surface area contributed by atoms with E-state index in [0.29, 0.717) is 5.92 Å². The van der Waals surface area contributed by atoms with Crippen LogP contribution in [0.4, 0.5) is 0 Å². The number of hydrogen-bond donors (Lipinski definition) is 1. The molecule has 0 saturated heterocycles. The molecule has 17 heavy (non-hydrogen) atoms. The molecular formula is C15H31NO. The van der Waals surface area contributed by atoms with Gasteiger partial charge in [-0.25, -0.2) is 0 Å². The Hall–Kier alpha value is -0.0800. The lowest BCUT2D eigenvalue weighted by Crippen LogP contribution is -2.35. The molecular weight excluding hydrogens is 210 g/mol. The summed E-state index contributed by atoms with van der Waals surface area (Å²) in [5, 5.41) is 3.67. The van der Waals surface area contributed by atoms with Crippen LogP contribution in [0.1, 0.15) is 59.3 Å². The molecule has 1 aliphatic rings. The van der Waals surface area contributed by atoms with Gasteiger partial charge >= 0.3 is 0 Å². The molecule has 0 aromatic rings. The van der Waals surface area contributed by atoms with Crippen molar-refractivity contribution in [1.29, 1.82) is 0 Å². The molecule has 1 rings (SSSR count). The van der Waals surface area contributed by atoms with E-state index in [9.17, 15) is 0 Å². The van der Waals surface area contributed by atoms with Crippen molar-refractivity contribution >= 4 is 0 Å². The molecule has 0 radical (unpaired) electrons. The Bertz CT molecular complexity index is 176. The summed E-state index contributed by atoms with van der Waals surface area (Å²) in [6.45, 7) is 9.59. The van der Waals surface area contributed by atoms with E-state index in [0.717, 1.165) is 31.7 Å². The molecule has 0 heterocycles. The lowest BCUT2D eigenvalue weighted by Gasteiger charge is -2.24. The summed E-state index contributed by atoms with van der Waals surface area (Å²) in [6.07, 6.45) is 8.25. The van der Waals surface area contributed by atoms with Crippen molar-refractivity contribution in [3.05, 3.63) is 0 Å². The highest BCUT2D eigenvalue weighted by molar-refractivity contribution is 4.80. The second-order valence-corrected chi connectivity index (χ2v) is 5.82. The summed E-state index contributed by atoms with van der Waals surface area (Å²) in [4.78, 5) is 0. The average Bonchev–Trinajstić information content (AvgIpc) is 2.80. The Morgan fingerprint density at radius 1 is 1.24 bits per heavy atom. The van der Waals surface area contributed by atoms with Crippen LogP contribution in [-0.2, 0) is 4.74 Å². The van der Waals surface area contributed by atoms with E-state index < -0.39 is 0 Å². The van der Waals surface area contributed by atoms with Crippen LogP contribution in [0.15, 0.2) is 0 Å². The Morgan fingerprint density at radius 2 is 1.94 bits per heavy atom. The Morgan fingerprint density at radius 3 is 2.53 bits per heavy atom. The van der Waals surface area contributed by atoms with Crippen LogP contribution in [0.2, 0.25) is 0 Å². The van der Waals surface area contributed by atoms with Crippen LogP contribution in [0.5, 0.6) is 0 Å². The lowest BCUT2D eigenvalue weighted by atomic mass is 9.94. The van der Waals surface area contributed by atoms with E-state index in [-0.39, 0.29) is 0 Å². The van der Waals surface area contributed by atoms with Crippen LogP contribution in [0.25, 0.3) is 0 Å². The van der Waals surface area contributed by atoms with Gasteiger partial charge in [0.2, 0.25) is 0 Å². The van der Waals surface area contributed by atoms with Gasteiger partial charge in [-0.2, -0.15) is 0 Å². The lowest BCUT2D eigenvalue weighted by molar-refractivity contribution is 0.103. The van der Waals surface area contributed by atoms with E-state index in [2.05, 4.69) is 26.1 Å². The smallest absolute Gasteiger partial charge is 0.0488 e. The Balaban J connectivity index is 2.11. The highest BCUT2D eigenvalue weighted by atomic mass is 16.5. The van der Waals surface area contributed by atoms with Gasteiger partial charge in [0, 0.05) is 19.3 Å². The minimum Gasteiger partial charge on any atom is -0.381 e. The third kappa shape index (κ3) is 6.42. The summed E-state index contributed by atoms with van der Waals surface area (Å²) < 4.78 is 5.66. The number of rotatable bonds is 9. The molecule has 0 aromatic carbocycles. The first-order chi connectivity index (χ1) is 8.24. The summed E-state index contributed by atoms with van der Waals surface area (Å²) in [7, 11) is 0. The zero-order valence-electron chi connectivity index (χ0n) is 12.0. The maximum absolute atomic E-state index is 5.66. The maximum Gasteiger partial charge on any atom is 0.0488 e. The van der Waals surface area contributed by atoms with Crippen LogP contribution < -0.4 is 5.32 Å². The summed E-state index contributed by atoms with van der Waals surface area (Å²) in [5.41, 5.74) is 0. The highest BCUT2D eigenvalue weighted by Crippen LogP contribution is 2.29. The second kappa shape index (κ2) is 8.93. The van der Waals surface area contributed by atoms with Gasteiger partial charge in [0.1, 0.15) is 0 Å². The van der Waals surface area contributed by atoms with Crippen molar-refractivity contribution in [3.63, 3.8) is 0 Å². The van der Waals surface area contributed by atoms with E-state index in [1.54, 1.807) is 0 Å².